The lowest BCUT2D eigenvalue weighted by Gasteiger charge is -2.42. The van der Waals surface area contributed by atoms with E-state index in [1.54, 1.807) is 0 Å². The van der Waals surface area contributed by atoms with Crippen LogP contribution in [0.3, 0.4) is 0 Å². The van der Waals surface area contributed by atoms with Gasteiger partial charge in [-0.25, -0.2) is 0 Å². The SMILES string of the molecule is CN1CCC(C2CCN(C(=O)[C@@](C)(NC(=O)c3ccc4cc[nH]c4c3)c3ccccc3)CC2)CC1. The molecule has 6 heteroatoms. The van der Waals surface area contributed by atoms with Crippen molar-refractivity contribution in [2.75, 3.05) is 33.2 Å². The summed E-state index contributed by atoms with van der Waals surface area (Å²) in [5.41, 5.74) is 1.11. The van der Waals surface area contributed by atoms with Gasteiger partial charge >= 0.3 is 0 Å². The lowest BCUT2D eigenvalue weighted by Crippen LogP contribution is -2.57. The number of nitrogens with zero attached hydrogens (tertiary/aromatic N) is 2. The Morgan fingerprint density at radius 3 is 2.26 bits per heavy atom. The maximum absolute atomic E-state index is 14.0. The van der Waals surface area contributed by atoms with Crippen LogP contribution in [0.4, 0.5) is 0 Å². The number of hydrogen-bond donors (Lipinski definition) is 2. The van der Waals surface area contributed by atoms with E-state index in [0.717, 1.165) is 48.3 Å². The van der Waals surface area contributed by atoms with Crippen LogP contribution < -0.4 is 5.32 Å². The Balaban J connectivity index is 1.33. The molecule has 3 heterocycles. The van der Waals surface area contributed by atoms with Crippen molar-refractivity contribution in [3.8, 4) is 0 Å². The standard InChI is InChI=1S/C29H36N4O2/c1-29(25-6-4-3-5-7-25,31-27(34)24-9-8-23-10-15-30-26(23)20-24)28(35)33-18-13-22(14-19-33)21-11-16-32(2)17-12-21/h3-10,15,20-22,30H,11-14,16-19H2,1-2H3,(H,31,34)/t29-/m0/s1. The van der Waals surface area contributed by atoms with Gasteiger partial charge in [-0.15, -0.1) is 0 Å². The highest BCUT2D eigenvalue weighted by Crippen LogP contribution is 2.34. The molecule has 6 nitrogen and oxygen atoms in total. The zero-order valence-electron chi connectivity index (χ0n) is 20.8. The third kappa shape index (κ3) is 4.85. The molecule has 5 rings (SSSR count). The number of piperidine rings is 2. The summed E-state index contributed by atoms with van der Waals surface area (Å²) in [5, 5.41) is 4.16. The molecule has 2 saturated heterocycles. The predicted octanol–water partition coefficient (Wildman–Crippen LogP) is 4.39. The predicted molar refractivity (Wildman–Crippen MR) is 139 cm³/mol. The third-order valence-electron chi connectivity index (χ3n) is 8.22. The van der Waals surface area contributed by atoms with Crippen LogP contribution in [-0.2, 0) is 10.3 Å². The number of nitrogens with one attached hydrogen (secondary N) is 2. The second kappa shape index (κ2) is 9.86. The first kappa shape index (κ1) is 23.6. The highest BCUT2D eigenvalue weighted by Gasteiger charge is 2.41. The maximum atomic E-state index is 14.0. The molecule has 2 amide bonds. The number of H-pyrrole nitrogens is 1. The zero-order valence-corrected chi connectivity index (χ0v) is 20.8. The number of carbonyl (C=O) groups is 2. The van der Waals surface area contributed by atoms with Gasteiger partial charge in [0.2, 0.25) is 0 Å². The summed E-state index contributed by atoms with van der Waals surface area (Å²) in [4.78, 5) is 34.9. The van der Waals surface area contributed by atoms with Crippen molar-refractivity contribution in [1.82, 2.24) is 20.1 Å². The van der Waals surface area contributed by atoms with E-state index in [4.69, 9.17) is 0 Å². The van der Waals surface area contributed by atoms with Crippen molar-refractivity contribution in [3.63, 3.8) is 0 Å². The second-order valence-corrected chi connectivity index (χ2v) is 10.5. The molecule has 1 atom stereocenters. The Labute approximate surface area is 207 Å². The van der Waals surface area contributed by atoms with E-state index in [9.17, 15) is 9.59 Å². The number of amides is 2. The first-order valence-electron chi connectivity index (χ1n) is 12.9. The molecule has 0 aliphatic carbocycles. The number of benzene rings is 2. The van der Waals surface area contributed by atoms with Gasteiger partial charge in [0.1, 0.15) is 5.54 Å². The van der Waals surface area contributed by atoms with Crippen molar-refractivity contribution in [2.24, 2.45) is 11.8 Å². The molecule has 0 bridgehead atoms. The number of likely N-dealkylation sites (tertiary alicyclic amines) is 2. The molecule has 3 aromatic rings. The summed E-state index contributed by atoms with van der Waals surface area (Å²) in [7, 11) is 2.20. The van der Waals surface area contributed by atoms with Gasteiger partial charge in [0.05, 0.1) is 0 Å². The zero-order chi connectivity index (χ0) is 24.4. The van der Waals surface area contributed by atoms with Crippen molar-refractivity contribution >= 4 is 22.7 Å². The van der Waals surface area contributed by atoms with Crippen LogP contribution in [-0.4, -0.2) is 59.8 Å². The largest absolute Gasteiger partial charge is 0.361 e. The monoisotopic (exact) mass is 472 g/mol. The van der Waals surface area contributed by atoms with Crippen molar-refractivity contribution in [1.29, 1.82) is 0 Å². The summed E-state index contributed by atoms with van der Waals surface area (Å²) in [5.74, 6) is 1.19. The summed E-state index contributed by atoms with van der Waals surface area (Å²) in [6.07, 6.45) is 6.47. The Morgan fingerprint density at radius 1 is 0.914 bits per heavy atom. The molecule has 2 aliphatic heterocycles. The number of fused-ring (bicyclic) bond motifs is 1. The number of carbonyl (C=O) groups excluding carboxylic acids is 2. The van der Waals surface area contributed by atoms with Crippen LogP contribution in [0.15, 0.2) is 60.8 Å². The van der Waals surface area contributed by atoms with Crippen LogP contribution in [0.25, 0.3) is 10.9 Å². The van der Waals surface area contributed by atoms with Gasteiger partial charge < -0.3 is 20.1 Å². The van der Waals surface area contributed by atoms with Gasteiger partial charge in [0.25, 0.3) is 11.8 Å². The van der Waals surface area contributed by atoms with Gasteiger partial charge in [0, 0.05) is 30.4 Å². The minimum atomic E-state index is -1.14. The van der Waals surface area contributed by atoms with Crippen LogP contribution in [0.1, 0.15) is 48.5 Å². The molecule has 184 valence electrons. The lowest BCUT2D eigenvalue weighted by atomic mass is 9.78. The lowest BCUT2D eigenvalue weighted by molar-refractivity contribution is -0.139. The fourth-order valence-corrected chi connectivity index (χ4v) is 5.90. The van der Waals surface area contributed by atoms with Gasteiger partial charge in [-0.3, -0.25) is 9.59 Å². The Morgan fingerprint density at radius 2 is 1.57 bits per heavy atom. The smallest absolute Gasteiger partial charge is 0.252 e. The Kier molecular flexibility index (Phi) is 6.65. The fourth-order valence-electron chi connectivity index (χ4n) is 5.90. The number of aromatic nitrogens is 1. The number of hydrogen-bond acceptors (Lipinski definition) is 3. The van der Waals surface area contributed by atoms with Crippen LogP contribution in [0.5, 0.6) is 0 Å². The summed E-state index contributed by atoms with van der Waals surface area (Å²) >= 11 is 0. The average molecular weight is 473 g/mol. The summed E-state index contributed by atoms with van der Waals surface area (Å²) in [6.45, 7) is 5.70. The first-order valence-corrected chi connectivity index (χ1v) is 12.9. The minimum absolute atomic E-state index is 0.0279. The van der Waals surface area contributed by atoms with E-state index >= 15 is 0 Å². The van der Waals surface area contributed by atoms with Crippen molar-refractivity contribution < 1.29 is 9.59 Å². The van der Waals surface area contributed by atoms with Gasteiger partial charge in [0.15, 0.2) is 0 Å². The number of aromatic amines is 1. The summed E-state index contributed by atoms with van der Waals surface area (Å²) in [6, 6.07) is 17.2. The maximum Gasteiger partial charge on any atom is 0.252 e. The minimum Gasteiger partial charge on any atom is -0.361 e. The molecule has 0 radical (unpaired) electrons. The van der Waals surface area contributed by atoms with E-state index in [0.29, 0.717) is 11.5 Å². The van der Waals surface area contributed by atoms with E-state index in [2.05, 4.69) is 22.2 Å². The Hall–Kier alpha value is -3.12. The summed E-state index contributed by atoms with van der Waals surface area (Å²) < 4.78 is 0. The Bertz CT molecular complexity index is 1170. The first-order chi connectivity index (χ1) is 16.9. The van der Waals surface area contributed by atoms with E-state index in [1.165, 1.54) is 25.9 Å². The molecular formula is C29H36N4O2. The normalized spacial score (nSPS) is 20.0. The molecule has 0 unspecified atom stereocenters. The van der Waals surface area contributed by atoms with Crippen LogP contribution in [0.2, 0.25) is 0 Å². The molecule has 0 spiro atoms. The third-order valence-corrected chi connectivity index (χ3v) is 8.22. The van der Waals surface area contributed by atoms with E-state index in [1.807, 2.05) is 72.6 Å². The van der Waals surface area contributed by atoms with Gasteiger partial charge in [-0.2, -0.15) is 0 Å². The topological polar surface area (TPSA) is 68.4 Å². The second-order valence-electron chi connectivity index (χ2n) is 10.5. The molecule has 1 aromatic heterocycles. The van der Waals surface area contributed by atoms with Crippen molar-refractivity contribution in [2.45, 2.75) is 38.1 Å². The highest BCUT2D eigenvalue weighted by molar-refractivity contribution is 6.01. The molecule has 0 saturated carbocycles. The highest BCUT2D eigenvalue weighted by atomic mass is 16.2. The molecule has 2 aromatic carbocycles. The molecule has 2 aliphatic rings. The van der Waals surface area contributed by atoms with E-state index < -0.39 is 5.54 Å². The number of rotatable bonds is 5. The quantitative estimate of drug-likeness (QED) is 0.579. The van der Waals surface area contributed by atoms with Crippen LogP contribution in [0, 0.1) is 11.8 Å². The molecule has 2 N–H and O–H groups in total. The van der Waals surface area contributed by atoms with E-state index in [-0.39, 0.29) is 11.8 Å². The van der Waals surface area contributed by atoms with Crippen molar-refractivity contribution in [3.05, 3.63) is 71.9 Å². The molecule has 2 fully saturated rings. The average Bonchev–Trinajstić information content (AvgIpc) is 3.37. The molecule has 35 heavy (non-hydrogen) atoms. The molecular weight excluding hydrogens is 436 g/mol. The van der Waals surface area contributed by atoms with Crippen LogP contribution >= 0.6 is 0 Å². The fraction of sp³-hybridized carbons (Fsp3) is 0.448. The van der Waals surface area contributed by atoms with Gasteiger partial charge in [-0.1, -0.05) is 36.4 Å². The van der Waals surface area contributed by atoms with Gasteiger partial charge in [-0.05, 0) is 93.7 Å².